The van der Waals surface area contributed by atoms with Gasteiger partial charge in [0.05, 0.1) is 6.54 Å². The van der Waals surface area contributed by atoms with Crippen LogP contribution in [-0.2, 0) is 14.8 Å². The van der Waals surface area contributed by atoms with Crippen LogP contribution in [0, 0.1) is 0 Å². The van der Waals surface area contributed by atoms with Gasteiger partial charge in [0.25, 0.3) is 0 Å². The maximum atomic E-state index is 12.6. The highest BCUT2D eigenvalue weighted by Crippen LogP contribution is 2.38. The summed E-state index contributed by atoms with van der Waals surface area (Å²) in [6.45, 7) is 2.49. The summed E-state index contributed by atoms with van der Waals surface area (Å²) in [7, 11) is -3.71. The normalized spacial score (nSPS) is 22.4. The Labute approximate surface area is 140 Å². The molecule has 0 spiro atoms. The molecule has 1 heterocycles. The average Bonchev–Trinajstić information content (AvgIpc) is 2.96. The van der Waals surface area contributed by atoms with E-state index in [1.165, 1.54) is 6.07 Å². The third-order valence-corrected chi connectivity index (χ3v) is 5.89. The molecule has 2 aliphatic rings. The van der Waals surface area contributed by atoms with Gasteiger partial charge < -0.3 is 14.6 Å². The molecule has 3 rings (SSSR count). The highest BCUT2D eigenvalue weighted by molar-refractivity contribution is 7.89. The first kappa shape index (κ1) is 17.0. The number of carboxylic acids is 1. The summed E-state index contributed by atoms with van der Waals surface area (Å²) >= 11 is 0. The van der Waals surface area contributed by atoms with Gasteiger partial charge in [-0.1, -0.05) is 13.0 Å². The first-order valence-corrected chi connectivity index (χ1v) is 9.26. The van der Waals surface area contributed by atoms with E-state index in [1.807, 2.05) is 11.8 Å². The Hall–Kier alpha value is -1.84. The van der Waals surface area contributed by atoms with Crippen molar-refractivity contribution in [1.29, 1.82) is 0 Å². The molecular formula is C15H20N2O6S. The van der Waals surface area contributed by atoms with Gasteiger partial charge in [0.2, 0.25) is 16.8 Å². The van der Waals surface area contributed by atoms with Crippen LogP contribution in [0.3, 0.4) is 0 Å². The van der Waals surface area contributed by atoms with Crippen molar-refractivity contribution in [2.75, 3.05) is 19.9 Å². The van der Waals surface area contributed by atoms with Gasteiger partial charge in [0.15, 0.2) is 11.5 Å². The molecule has 0 aromatic heterocycles. The summed E-state index contributed by atoms with van der Waals surface area (Å²) in [5.41, 5.74) is 0. The van der Waals surface area contributed by atoms with Crippen molar-refractivity contribution in [3.63, 3.8) is 0 Å². The number of likely N-dealkylation sites (N-methyl/N-ethyl adjacent to an activating group) is 1. The van der Waals surface area contributed by atoms with E-state index in [2.05, 4.69) is 4.72 Å². The van der Waals surface area contributed by atoms with Crippen LogP contribution < -0.4 is 14.2 Å². The van der Waals surface area contributed by atoms with Crippen LogP contribution in [0.2, 0.25) is 0 Å². The van der Waals surface area contributed by atoms with E-state index in [4.69, 9.17) is 14.6 Å². The third kappa shape index (κ3) is 3.33. The maximum Gasteiger partial charge on any atom is 0.317 e. The molecule has 9 heteroatoms. The molecule has 0 amide bonds. The first-order chi connectivity index (χ1) is 11.4. The number of benzene rings is 1. The molecular weight excluding hydrogens is 336 g/mol. The third-order valence-electron chi connectivity index (χ3n) is 4.35. The van der Waals surface area contributed by atoms with Crippen LogP contribution in [0.15, 0.2) is 23.1 Å². The minimum Gasteiger partial charge on any atom is -0.480 e. The van der Waals surface area contributed by atoms with E-state index < -0.39 is 16.0 Å². The largest absolute Gasteiger partial charge is 0.480 e. The standard InChI is InChI=1S/C15H20N2O6S/c1-2-17(8-14(18)19)11-6-10(7-11)16-24(20,21)13-5-3-4-12-15(13)23-9-22-12/h3-5,10-11,16H,2,6-9H2,1H3,(H,18,19). The lowest BCUT2D eigenvalue weighted by atomic mass is 9.86. The molecule has 8 nitrogen and oxygen atoms in total. The molecule has 1 aliphatic carbocycles. The summed E-state index contributed by atoms with van der Waals surface area (Å²) in [6.07, 6.45) is 1.18. The van der Waals surface area contributed by atoms with E-state index in [-0.39, 0.29) is 36.1 Å². The number of aliphatic carboxylic acids is 1. The minimum atomic E-state index is -3.71. The topological polar surface area (TPSA) is 105 Å². The number of carboxylic acid groups (broad SMARTS) is 1. The summed E-state index contributed by atoms with van der Waals surface area (Å²) in [5.74, 6) is -0.220. The Morgan fingerprint density at radius 2 is 2.12 bits per heavy atom. The van der Waals surface area contributed by atoms with Gasteiger partial charge >= 0.3 is 5.97 Å². The number of fused-ring (bicyclic) bond motifs is 1. The SMILES string of the molecule is CCN(CC(=O)O)C1CC(NS(=O)(=O)c2cccc3c2OCO3)C1. The molecule has 24 heavy (non-hydrogen) atoms. The number of hydrogen-bond donors (Lipinski definition) is 2. The molecule has 1 aromatic carbocycles. The maximum absolute atomic E-state index is 12.6. The molecule has 1 saturated carbocycles. The van der Waals surface area contributed by atoms with E-state index in [0.29, 0.717) is 25.1 Å². The molecule has 0 bridgehead atoms. The molecule has 0 radical (unpaired) electrons. The molecule has 132 valence electrons. The van der Waals surface area contributed by atoms with Crippen molar-refractivity contribution in [3.8, 4) is 11.5 Å². The lowest BCUT2D eigenvalue weighted by molar-refractivity contribution is -0.139. The van der Waals surface area contributed by atoms with E-state index in [9.17, 15) is 13.2 Å². The smallest absolute Gasteiger partial charge is 0.317 e. The van der Waals surface area contributed by atoms with Gasteiger partial charge in [-0.2, -0.15) is 0 Å². The number of sulfonamides is 1. The second kappa shape index (κ2) is 6.58. The quantitative estimate of drug-likeness (QED) is 0.738. The van der Waals surface area contributed by atoms with Crippen LogP contribution in [0.5, 0.6) is 11.5 Å². The van der Waals surface area contributed by atoms with Crippen molar-refractivity contribution in [1.82, 2.24) is 9.62 Å². The number of carbonyl (C=O) groups is 1. The van der Waals surface area contributed by atoms with Crippen molar-refractivity contribution in [3.05, 3.63) is 18.2 Å². The average molecular weight is 356 g/mol. The second-order valence-electron chi connectivity index (χ2n) is 5.89. The van der Waals surface area contributed by atoms with Crippen LogP contribution in [-0.4, -0.2) is 56.4 Å². The van der Waals surface area contributed by atoms with Crippen LogP contribution >= 0.6 is 0 Å². The van der Waals surface area contributed by atoms with Crippen LogP contribution in [0.25, 0.3) is 0 Å². The van der Waals surface area contributed by atoms with Crippen LogP contribution in [0.4, 0.5) is 0 Å². The number of para-hydroxylation sites is 1. The fraction of sp³-hybridized carbons (Fsp3) is 0.533. The Bertz CT molecular complexity index is 729. The summed E-state index contributed by atoms with van der Waals surface area (Å²) in [5, 5.41) is 8.90. The number of hydrogen-bond acceptors (Lipinski definition) is 6. The van der Waals surface area contributed by atoms with Gasteiger partial charge in [-0.25, -0.2) is 13.1 Å². The highest BCUT2D eigenvalue weighted by Gasteiger charge is 2.37. The zero-order valence-corrected chi connectivity index (χ0v) is 14.1. The predicted octanol–water partition coefficient (Wildman–Crippen LogP) is 0.631. The van der Waals surface area contributed by atoms with E-state index in [1.54, 1.807) is 12.1 Å². The molecule has 0 saturated heterocycles. The number of rotatable bonds is 7. The Morgan fingerprint density at radius 1 is 1.38 bits per heavy atom. The van der Waals surface area contributed by atoms with Crippen molar-refractivity contribution < 1.29 is 27.8 Å². The first-order valence-electron chi connectivity index (χ1n) is 7.77. The van der Waals surface area contributed by atoms with Gasteiger partial charge in [0, 0.05) is 12.1 Å². The second-order valence-corrected chi connectivity index (χ2v) is 7.57. The van der Waals surface area contributed by atoms with E-state index >= 15 is 0 Å². The molecule has 2 N–H and O–H groups in total. The van der Waals surface area contributed by atoms with Gasteiger partial charge in [0.1, 0.15) is 4.90 Å². The Morgan fingerprint density at radius 3 is 2.79 bits per heavy atom. The lowest BCUT2D eigenvalue weighted by Gasteiger charge is -2.42. The molecule has 1 aliphatic heterocycles. The minimum absolute atomic E-state index is 0.00795. The van der Waals surface area contributed by atoms with Gasteiger partial charge in [-0.15, -0.1) is 0 Å². The molecule has 1 fully saturated rings. The van der Waals surface area contributed by atoms with Crippen LogP contribution in [0.1, 0.15) is 19.8 Å². The summed E-state index contributed by atoms with van der Waals surface area (Å²) in [6, 6.07) is 4.62. The van der Waals surface area contributed by atoms with Gasteiger partial charge in [-0.3, -0.25) is 9.69 Å². The monoisotopic (exact) mass is 356 g/mol. The van der Waals surface area contributed by atoms with Crippen molar-refractivity contribution in [2.24, 2.45) is 0 Å². The fourth-order valence-corrected chi connectivity index (χ4v) is 4.47. The Balaban J connectivity index is 1.64. The van der Waals surface area contributed by atoms with Crippen molar-refractivity contribution in [2.45, 2.75) is 36.7 Å². The Kier molecular flexibility index (Phi) is 4.66. The zero-order valence-electron chi connectivity index (χ0n) is 13.3. The number of nitrogens with one attached hydrogen (secondary N) is 1. The zero-order chi connectivity index (χ0) is 17.3. The predicted molar refractivity (Wildman–Crippen MR) is 84.6 cm³/mol. The number of nitrogens with zero attached hydrogens (tertiary/aromatic N) is 1. The number of ether oxygens (including phenoxy) is 2. The van der Waals surface area contributed by atoms with Gasteiger partial charge in [-0.05, 0) is 31.5 Å². The molecule has 0 unspecified atom stereocenters. The highest BCUT2D eigenvalue weighted by atomic mass is 32.2. The molecule has 1 aromatic rings. The van der Waals surface area contributed by atoms with Crippen molar-refractivity contribution >= 4 is 16.0 Å². The fourth-order valence-electron chi connectivity index (χ4n) is 3.05. The summed E-state index contributed by atoms with van der Waals surface area (Å²) in [4.78, 5) is 12.7. The van der Waals surface area contributed by atoms with E-state index in [0.717, 1.165) is 0 Å². The summed E-state index contributed by atoms with van der Waals surface area (Å²) < 4.78 is 38.3. The lowest BCUT2D eigenvalue weighted by Crippen LogP contribution is -2.54. The molecule has 0 atom stereocenters.